The molecule has 23 heavy (non-hydrogen) atoms. The van der Waals surface area contributed by atoms with Crippen molar-refractivity contribution in [2.45, 2.75) is 45.1 Å². The van der Waals surface area contributed by atoms with Gasteiger partial charge in [0.05, 0.1) is 5.52 Å². The molecule has 0 radical (unpaired) electrons. The summed E-state index contributed by atoms with van der Waals surface area (Å²) in [5, 5.41) is 7.36. The van der Waals surface area contributed by atoms with Crippen LogP contribution in [-0.2, 0) is 0 Å². The normalized spacial score (nSPS) is 21.0. The fourth-order valence-corrected chi connectivity index (χ4v) is 3.41. The number of pyridine rings is 1. The molecule has 124 valence electrons. The van der Waals surface area contributed by atoms with Crippen LogP contribution in [0.4, 0.5) is 5.82 Å². The van der Waals surface area contributed by atoms with Crippen molar-refractivity contribution in [2.75, 3.05) is 18.4 Å². The number of halogens is 1. The number of nitrogens with zero attached hydrogens (tertiary/aromatic N) is 3. The highest BCUT2D eigenvalue weighted by molar-refractivity contribution is 6.28. The van der Waals surface area contributed by atoms with E-state index < -0.39 is 0 Å². The Hall–Kier alpha value is -1.46. The summed E-state index contributed by atoms with van der Waals surface area (Å²) in [6.07, 6.45) is 7.84. The molecule has 6 heteroatoms. The van der Waals surface area contributed by atoms with Gasteiger partial charge in [-0.3, -0.25) is 4.98 Å². The van der Waals surface area contributed by atoms with Gasteiger partial charge in [-0.1, -0.05) is 13.3 Å². The van der Waals surface area contributed by atoms with E-state index in [1.165, 1.54) is 19.3 Å². The minimum atomic E-state index is 0.267. The zero-order chi connectivity index (χ0) is 16.1. The number of fused-ring (bicyclic) bond motifs is 1. The van der Waals surface area contributed by atoms with Crippen LogP contribution in [0.15, 0.2) is 18.3 Å². The van der Waals surface area contributed by atoms with Crippen molar-refractivity contribution in [2.24, 2.45) is 5.92 Å². The topological polar surface area (TPSA) is 62.7 Å². The van der Waals surface area contributed by atoms with Crippen LogP contribution in [-0.4, -0.2) is 34.1 Å². The fraction of sp³-hybridized carbons (Fsp3) is 0.588. The van der Waals surface area contributed by atoms with Gasteiger partial charge < -0.3 is 10.6 Å². The van der Waals surface area contributed by atoms with Gasteiger partial charge in [0.1, 0.15) is 5.52 Å². The Labute approximate surface area is 142 Å². The molecule has 2 unspecified atom stereocenters. The molecule has 0 amide bonds. The average molecular weight is 334 g/mol. The molecule has 1 aliphatic carbocycles. The molecule has 2 atom stereocenters. The minimum absolute atomic E-state index is 0.267. The third kappa shape index (κ3) is 4.30. The van der Waals surface area contributed by atoms with Gasteiger partial charge in [0.2, 0.25) is 5.28 Å². The maximum atomic E-state index is 6.04. The number of aromatic nitrogens is 3. The highest BCUT2D eigenvalue weighted by Gasteiger charge is 2.25. The van der Waals surface area contributed by atoms with Gasteiger partial charge in [0.25, 0.3) is 0 Å². The zero-order valence-corrected chi connectivity index (χ0v) is 14.3. The summed E-state index contributed by atoms with van der Waals surface area (Å²) >= 11 is 6.04. The van der Waals surface area contributed by atoms with E-state index in [2.05, 4.69) is 32.5 Å². The molecule has 1 aliphatic rings. The maximum Gasteiger partial charge on any atom is 0.225 e. The second-order valence-electron chi connectivity index (χ2n) is 6.29. The SMILES string of the molecule is CCCCNCC1CCC(Nc2nc(Cl)nc3cccnc23)C1. The van der Waals surface area contributed by atoms with E-state index in [1.54, 1.807) is 6.20 Å². The van der Waals surface area contributed by atoms with E-state index in [1.807, 2.05) is 12.1 Å². The molecule has 2 aromatic rings. The van der Waals surface area contributed by atoms with Gasteiger partial charge in [-0.2, -0.15) is 4.98 Å². The zero-order valence-electron chi connectivity index (χ0n) is 13.6. The Bertz CT molecular complexity index is 648. The summed E-state index contributed by atoms with van der Waals surface area (Å²) in [5.74, 6) is 1.49. The van der Waals surface area contributed by atoms with Crippen molar-refractivity contribution < 1.29 is 0 Å². The summed E-state index contributed by atoms with van der Waals surface area (Å²) < 4.78 is 0. The predicted octanol–water partition coefficient (Wildman–Crippen LogP) is 3.65. The predicted molar refractivity (Wildman–Crippen MR) is 94.9 cm³/mol. The summed E-state index contributed by atoms with van der Waals surface area (Å²) in [6.45, 7) is 4.46. The first-order chi connectivity index (χ1) is 11.3. The first kappa shape index (κ1) is 16.4. The first-order valence-corrected chi connectivity index (χ1v) is 8.89. The lowest BCUT2D eigenvalue weighted by molar-refractivity contribution is 0.481. The van der Waals surface area contributed by atoms with Crippen LogP contribution in [0.3, 0.4) is 0 Å². The lowest BCUT2D eigenvalue weighted by atomic mass is 10.1. The smallest absolute Gasteiger partial charge is 0.225 e. The molecule has 0 spiro atoms. The summed E-state index contributed by atoms with van der Waals surface area (Å²) in [4.78, 5) is 13.0. The molecule has 0 aliphatic heterocycles. The standard InChI is InChI=1S/C17H24ClN5/c1-2-3-8-19-11-12-6-7-13(10-12)21-16-15-14(5-4-9-20-15)22-17(18)23-16/h4-5,9,12-13,19H,2-3,6-8,10-11H2,1H3,(H,21,22,23). The minimum Gasteiger partial charge on any atom is -0.365 e. The van der Waals surface area contributed by atoms with Crippen LogP contribution in [0.25, 0.3) is 11.0 Å². The van der Waals surface area contributed by atoms with Gasteiger partial charge in [-0.25, -0.2) is 4.98 Å². The molecule has 0 saturated heterocycles. The molecule has 1 fully saturated rings. The van der Waals surface area contributed by atoms with Crippen LogP contribution >= 0.6 is 11.6 Å². The number of anilines is 1. The number of hydrogen-bond donors (Lipinski definition) is 2. The van der Waals surface area contributed by atoms with Crippen LogP contribution in [0, 0.1) is 5.92 Å². The molecule has 2 N–H and O–H groups in total. The molecular formula is C17H24ClN5. The number of hydrogen-bond acceptors (Lipinski definition) is 5. The van der Waals surface area contributed by atoms with E-state index in [-0.39, 0.29) is 5.28 Å². The quantitative estimate of drug-likeness (QED) is 0.598. The Kier molecular flexibility index (Phi) is 5.62. The average Bonchev–Trinajstić information content (AvgIpc) is 2.99. The third-order valence-corrected chi connectivity index (χ3v) is 4.62. The van der Waals surface area contributed by atoms with Crippen molar-refractivity contribution in [1.82, 2.24) is 20.3 Å². The first-order valence-electron chi connectivity index (χ1n) is 8.51. The van der Waals surface area contributed by atoms with Crippen LogP contribution in [0.1, 0.15) is 39.0 Å². The second-order valence-corrected chi connectivity index (χ2v) is 6.63. The lowest BCUT2D eigenvalue weighted by Crippen LogP contribution is -2.24. The number of rotatable bonds is 7. The molecule has 5 nitrogen and oxygen atoms in total. The van der Waals surface area contributed by atoms with Crippen molar-refractivity contribution in [3.63, 3.8) is 0 Å². The van der Waals surface area contributed by atoms with Crippen molar-refractivity contribution in [1.29, 1.82) is 0 Å². The summed E-state index contributed by atoms with van der Waals surface area (Å²) in [5.41, 5.74) is 1.58. The maximum absolute atomic E-state index is 6.04. The number of unbranched alkanes of at least 4 members (excludes halogenated alkanes) is 1. The Balaban J connectivity index is 1.60. The van der Waals surface area contributed by atoms with Crippen LogP contribution in [0.5, 0.6) is 0 Å². The van der Waals surface area contributed by atoms with Gasteiger partial charge in [0, 0.05) is 12.2 Å². The third-order valence-electron chi connectivity index (χ3n) is 4.45. The van der Waals surface area contributed by atoms with E-state index in [9.17, 15) is 0 Å². The molecule has 0 aromatic carbocycles. The highest BCUT2D eigenvalue weighted by atomic mass is 35.5. The van der Waals surface area contributed by atoms with Crippen molar-refractivity contribution in [3.8, 4) is 0 Å². The van der Waals surface area contributed by atoms with Crippen LogP contribution < -0.4 is 10.6 Å². The largest absolute Gasteiger partial charge is 0.365 e. The fourth-order valence-electron chi connectivity index (χ4n) is 3.23. The van der Waals surface area contributed by atoms with E-state index >= 15 is 0 Å². The lowest BCUT2D eigenvalue weighted by Gasteiger charge is -2.15. The monoisotopic (exact) mass is 333 g/mol. The van der Waals surface area contributed by atoms with Crippen molar-refractivity contribution in [3.05, 3.63) is 23.6 Å². The molecule has 0 bridgehead atoms. The van der Waals surface area contributed by atoms with Gasteiger partial charge >= 0.3 is 0 Å². The molecule has 2 heterocycles. The molecule has 2 aromatic heterocycles. The second kappa shape index (κ2) is 7.88. The highest BCUT2D eigenvalue weighted by Crippen LogP contribution is 2.29. The molecular weight excluding hydrogens is 310 g/mol. The Morgan fingerprint density at radius 2 is 2.22 bits per heavy atom. The Morgan fingerprint density at radius 1 is 1.30 bits per heavy atom. The summed E-state index contributed by atoms with van der Waals surface area (Å²) in [7, 11) is 0. The van der Waals surface area contributed by atoms with Crippen LogP contribution in [0.2, 0.25) is 5.28 Å². The van der Waals surface area contributed by atoms with E-state index in [4.69, 9.17) is 11.6 Å². The molecule has 1 saturated carbocycles. The Morgan fingerprint density at radius 3 is 3.09 bits per heavy atom. The number of nitrogens with one attached hydrogen (secondary N) is 2. The summed E-state index contributed by atoms with van der Waals surface area (Å²) in [6, 6.07) is 4.21. The van der Waals surface area contributed by atoms with E-state index in [0.29, 0.717) is 6.04 Å². The van der Waals surface area contributed by atoms with Gasteiger partial charge in [-0.05, 0) is 68.4 Å². The van der Waals surface area contributed by atoms with Crippen molar-refractivity contribution >= 4 is 28.5 Å². The van der Waals surface area contributed by atoms with Gasteiger partial charge in [0.15, 0.2) is 5.82 Å². The van der Waals surface area contributed by atoms with Gasteiger partial charge in [-0.15, -0.1) is 0 Å². The molecule has 3 rings (SSSR count). The van der Waals surface area contributed by atoms with E-state index in [0.717, 1.165) is 48.7 Å².